The summed E-state index contributed by atoms with van der Waals surface area (Å²) in [6.45, 7) is 0. The second-order valence-corrected chi connectivity index (χ2v) is 4.37. The van der Waals surface area contributed by atoms with Crippen LogP contribution in [0.3, 0.4) is 0 Å². The van der Waals surface area contributed by atoms with E-state index >= 15 is 0 Å². The molecule has 0 fully saturated rings. The molecule has 0 aliphatic rings. The maximum atomic E-state index is 10.6. The lowest BCUT2D eigenvalue weighted by atomic mass is 10.2. The Morgan fingerprint density at radius 1 is 1.29 bits per heavy atom. The fourth-order valence-corrected chi connectivity index (χ4v) is 1.96. The summed E-state index contributed by atoms with van der Waals surface area (Å²) in [6.07, 6.45) is 0. The fourth-order valence-electron chi connectivity index (χ4n) is 1.13. The maximum absolute atomic E-state index is 10.6. The van der Waals surface area contributed by atoms with Crippen molar-refractivity contribution in [2.45, 2.75) is 0 Å². The number of carboxylic acid groups (broad SMARTS) is 1. The number of hydrogen-bond acceptors (Lipinski definition) is 5. The van der Waals surface area contributed by atoms with Crippen LogP contribution in [0.15, 0.2) is 34.9 Å². The highest BCUT2D eigenvalue weighted by atomic mass is 35.5. The molecule has 0 saturated carbocycles. The zero-order valence-corrected chi connectivity index (χ0v) is 13.2. The molecule has 7 nitrogen and oxygen atoms in total. The van der Waals surface area contributed by atoms with E-state index in [0.717, 1.165) is 10.1 Å². The standard InChI is InChI=1S/C9H6O2S.C2H5N3O2.2ClH/c10-9(11)7-2-1-6-3-4-12-8(6)5-7;1-5(4-7)2(3)6;;/h1-5H,(H,10,11);1H3,(H2,3,6);2*1H. The van der Waals surface area contributed by atoms with Gasteiger partial charge in [-0.15, -0.1) is 41.1 Å². The summed E-state index contributed by atoms with van der Waals surface area (Å²) in [6, 6.07) is 6.27. The van der Waals surface area contributed by atoms with Gasteiger partial charge in [-0.05, 0) is 29.0 Å². The Labute approximate surface area is 136 Å². The molecule has 116 valence electrons. The number of carbonyl (C=O) groups excluding carboxylic acids is 1. The van der Waals surface area contributed by atoms with Crippen molar-refractivity contribution in [2.75, 3.05) is 7.05 Å². The van der Waals surface area contributed by atoms with Crippen molar-refractivity contribution in [3.05, 3.63) is 40.1 Å². The first kappa shape index (κ1) is 21.4. The number of aromatic carboxylic acids is 1. The summed E-state index contributed by atoms with van der Waals surface area (Å²) in [4.78, 5) is 29.7. The van der Waals surface area contributed by atoms with E-state index in [9.17, 15) is 14.5 Å². The third-order valence-electron chi connectivity index (χ3n) is 2.14. The molecule has 0 unspecified atom stereocenters. The molecule has 1 heterocycles. The minimum absolute atomic E-state index is 0. The molecule has 0 spiro atoms. The van der Waals surface area contributed by atoms with Gasteiger partial charge in [0.25, 0.3) is 0 Å². The molecule has 0 radical (unpaired) electrons. The van der Waals surface area contributed by atoms with E-state index in [2.05, 4.69) is 11.0 Å². The van der Waals surface area contributed by atoms with Crippen LogP contribution in [0.1, 0.15) is 10.4 Å². The Hall–Kier alpha value is -1.90. The second-order valence-electron chi connectivity index (χ2n) is 3.42. The molecule has 1 aromatic carbocycles. The number of urea groups is 1. The Morgan fingerprint density at radius 3 is 2.33 bits per heavy atom. The summed E-state index contributed by atoms with van der Waals surface area (Å²) in [5.41, 5.74) is 4.89. The van der Waals surface area contributed by atoms with Crippen LogP contribution in [0.25, 0.3) is 10.1 Å². The van der Waals surface area contributed by atoms with Gasteiger partial charge in [0.05, 0.1) is 10.8 Å². The lowest BCUT2D eigenvalue weighted by molar-refractivity contribution is 0.0697. The third-order valence-corrected chi connectivity index (χ3v) is 3.02. The van der Waals surface area contributed by atoms with E-state index in [-0.39, 0.29) is 24.8 Å². The van der Waals surface area contributed by atoms with Gasteiger partial charge in [0.1, 0.15) is 0 Å². The van der Waals surface area contributed by atoms with Gasteiger partial charge >= 0.3 is 12.0 Å². The molecule has 21 heavy (non-hydrogen) atoms. The number of hydrogen-bond donors (Lipinski definition) is 2. The minimum Gasteiger partial charge on any atom is -0.478 e. The van der Waals surface area contributed by atoms with Crippen molar-refractivity contribution >= 4 is 58.2 Å². The quantitative estimate of drug-likeness (QED) is 0.637. The lowest BCUT2D eigenvalue weighted by Gasteiger charge is -1.97. The minimum atomic E-state index is -0.870. The molecule has 2 rings (SSSR count). The summed E-state index contributed by atoms with van der Waals surface area (Å²) in [7, 11) is 1.18. The molecule has 0 aliphatic carbocycles. The number of thiophene rings is 1. The Kier molecular flexibility index (Phi) is 10.1. The normalized spacial score (nSPS) is 8.43. The number of nitroso groups, excluding NO2 is 1. The fraction of sp³-hybridized carbons (Fsp3) is 0.0909. The number of fused-ring (bicyclic) bond motifs is 1. The molecular formula is C11H13Cl2N3O4S. The predicted octanol–water partition coefficient (Wildman–Crippen LogP) is 3.12. The molecule has 0 atom stereocenters. The third kappa shape index (κ3) is 6.39. The van der Waals surface area contributed by atoms with Gasteiger partial charge in [0.2, 0.25) is 0 Å². The SMILES string of the molecule is CN(N=O)C(N)=O.Cl.Cl.O=C(O)c1ccc2ccsc2c1. The van der Waals surface area contributed by atoms with Gasteiger partial charge < -0.3 is 10.8 Å². The summed E-state index contributed by atoms with van der Waals surface area (Å²) in [5, 5.41) is 14.4. The highest BCUT2D eigenvalue weighted by molar-refractivity contribution is 7.17. The molecule has 1 aromatic heterocycles. The van der Waals surface area contributed by atoms with Crippen LogP contribution in [-0.4, -0.2) is 29.2 Å². The van der Waals surface area contributed by atoms with Gasteiger partial charge in [0, 0.05) is 11.7 Å². The summed E-state index contributed by atoms with van der Waals surface area (Å²) < 4.78 is 1.02. The number of carbonyl (C=O) groups is 2. The van der Waals surface area contributed by atoms with Crippen molar-refractivity contribution in [1.29, 1.82) is 0 Å². The topological polar surface area (TPSA) is 113 Å². The van der Waals surface area contributed by atoms with Crippen LogP contribution in [0.5, 0.6) is 0 Å². The van der Waals surface area contributed by atoms with Crippen LogP contribution in [-0.2, 0) is 0 Å². The van der Waals surface area contributed by atoms with Crippen molar-refractivity contribution in [3.63, 3.8) is 0 Å². The van der Waals surface area contributed by atoms with Gasteiger partial charge in [-0.3, -0.25) is 0 Å². The van der Waals surface area contributed by atoms with Gasteiger partial charge in [-0.1, -0.05) is 6.07 Å². The Balaban J connectivity index is 0. The number of nitrogens with two attached hydrogens (primary N) is 1. The first-order chi connectivity index (χ1) is 8.95. The van der Waals surface area contributed by atoms with Gasteiger partial charge in [0.15, 0.2) is 0 Å². The van der Waals surface area contributed by atoms with E-state index < -0.39 is 12.0 Å². The van der Waals surface area contributed by atoms with Crippen LogP contribution in [0.2, 0.25) is 0 Å². The molecule has 0 bridgehead atoms. The summed E-state index contributed by atoms with van der Waals surface area (Å²) >= 11 is 1.56. The first-order valence-corrected chi connectivity index (χ1v) is 5.90. The van der Waals surface area contributed by atoms with Gasteiger partial charge in [-0.2, -0.15) is 5.01 Å². The predicted molar refractivity (Wildman–Crippen MR) is 86.4 cm³/mol. The van der Waals surface area contributed by atoms with Crippen molar-refractivity contribution in [1.82, 2.24) is 5.01 Å². The molecule has 0 aliphatic heterocycles. The van der Waals surface area contributed by atoms with E-state index in [4.69, 9.17) is 5.11 Å². The number of nitrogens with zero attached hydrogens (tertiary/aromatic N) is 2. The average Bonchev–Trinajstić information content (AvgIpc) is 2.85. The van der Waals surface area contributed by atoms with Crippen LogP contribution < -0.4 is 5.73 Å². The van der Waals surface area contributed by atoms with Crippen molar-refractivity contribution in [3.8, 4) is 0 Å². The number of halogens is 2. The molecular weight excluding hydrogens is 341 g/mol. The molecule has 2 aromatic rings. The van der Waals surface area contributed by atoms with Crippen LogP contribution in [0, 0.1) is 4.91 Å². The first-order valence-electron chi connectivity index (χ1n) is 5.02. The number of rotatable bonds is 2. The molecule has 0 saturated heterocycles. The Morgan fingerprint density at radius 2 is 1.90 bits per heavy atom. The number of primary amides is 1. The van der Waals surface area contributed by atoms with E-state index in [0.29, 0.717) is 10.6 Å². The van der Waals surface area contributed by atoms with E-state index in [1.54, 1.807) is 23.5 Å². The number of amides is 2. The molecule has 2 amide bonds. The van der Waals surface area contributed by atoms with Crippen LogP contribution >= 0.6 is 36.2 Å². The average molecular weight is 354 g/mol. The largest absolute Gasteiger partial charge is 0.478 e. The monoisotopic (exact) mass is 353 g/mol. The van der Waals surface area contributed by atoms with E-state index in [1.807, 2.05) is 17.5 Å². The number of benzene rings is 1. The molecule has 10 heteroatoms. The van der Waals surface area contributed by atoms with Crippen molar-refractivity contribution < 1.29 is 14.7 Å². The summed E-state index contributed by atoms with van der Waals surface area (Å²) in [5.74, 6) is -0.870. The van der Waals surface area contributed by atoms with Crippen LogP contribution in [0.4, 0.5) is 4.79 Å². The zero-order valence-electron chi connectivity index (χ0n) is 10.8. The highest BCUT2D eigenvalue weighted by Gasteiger charge is 2.03. The zero-order chi connectivity index (χ0) is 14.4. The number of carboxylic acids is 1. The highest BCUT2D eigenvalue weighted by Crippen LogP contribution is 2.21. The molecule has 3 N–H and O–H groups in total. The maximum Gasteiger partial charge on any atom is 0.337 e. The Bertz CT molecular complexity index is 620. The smallest absolute Gasteiger partial charge is 0.337 e. The van der Waals surface area contributed by atoms with Gasteiger partial charge in [-0.25, -0.2) is 9.59 Å². The van der Waals surface area contributed by atoms with E-state index in [1.165, 1.54) is 7.05 Å². The van der Waals surface area contributed by atoms with Crippen molar-refractivity contribution in [2.24, 2.45) is 11.0 Å². The second kappa shape index (κ2) is 9.92. The lowest BCUT2D eigenvalue weighted by Crippen LogP contribution is -2.26.